The molecule has 0 unspecified atom stereocenters. The number of aromatic nitrogens is 1. The highest BCUT2D eigenvalue weighted by Crippen LogP contribution is 2.10. The van der Waals surface area contributed by atoms with E-state index in [1.54, 1.807) is 48.7 Å². The minimum absolute atomic E-state index is 0.137. The second-order valence-corrected chi connectivity index (χ2v) is 5.43. The fourth-order valence-corrected chi connectivity index (χ4v) is 2.36. The Morgan fingerprint density at radius 1 is 1.16 bits per heavy atom. The lowest BCUT2D eigenvalue weighted by Crippen LogP contribution is -2.22. The number of hydrogen-bond acceptors (Lipinski definition) is 4. The lowest BCUT2D eigenvalue weighted by atomic mass is 10.1. The number of nitriles is 1. The molecule has 0 atom stereocenters. The molecule has 25 heavy (non-hydrogen) atoms. The van der Waals surface area contributed by atoms with Crippen LogP contribution < -0.4 is 10.9 Å². The van der Waals surface area contributed by atoms with E-state index in [1.165, 1.54) is 10.6 Å². The van der Waals surface area contributed by atoms with Gasteiger partial charge in [0.05, 0.1) is 18.2 Å². The molecule has 0 saturated carbocycles. The maximum Gasteiger partial charge on any atom is 0.287 e. The summed E-state index contributed by atoms with van der Waals surface area (Å²) in [5, 5.41) is 11.6. The van der Waals surface area contributed by atoms with Crippen LogP contribution in [0.5, 0.6) is 0 Å². The summed E-state index contributed by atoms with van der Waals surface area (Å²) in [5.41, 5.74) is 1.23. The smallest absolute Gasteiger partial charge is 0.287 e. The molecule has 1 N–H and O–H groups in total. The van der Waals surface area contributed by atoms with E-state index in [2.05, 4.69) is 11.4 Å². The van der Waals surface area contributed by atoms with Crippen LogP contribution in [0.25, 0.3) is 0 Å². The summed E-state index contributed by atoms with van der Waals surface area (Å²) in [4.78, 5) is 23.9. The van der Waals surface area contributed by atoms with E-state index in [1.807, 2.05) is 6.07 Å². The monoisotopic (exact) mass is 333 g/mol. The topological polar surface area (TPSA) is 88.0 Å². The lowest BCUT2D eigenvalue weighted by Gasteiger charge is -2.04. The molecule has 6 heteroatoms. The molecule has 2 aromatic heterocycles. The molecule has 3 rings (SSSR count). The van der Waals surface area contributed by atoms with E-state index in [4.69, 9.17) is 9.68 Å². The van der Waals surface area contributed by atoms with Gasteiger partial charge in [-0.3, -0.25) is 9.59 Å². The lowest BCUT2D eigenvalue weighted by molar-refractivity contribution is 0.0921. The number of nitrogens with zero attached hydrogens (tertiary/aromatic N) is 2. The second-order valence-electron chi connectivity index (χ2n) is 5.43. The van der Waals surface area contributed by atoms with E-state index in [-0.39, 0.29) is 23.8 Å². The molecule has 124 valence electrons. The Kier molecular flexibility index (Phi) is 4.77. The Bertz CT molecular complexity index is 995. The predicted octanol–water partition coefficient (Wildman–Crippen LogP) is 2.29. The Hall–Kier alpha value is -3.59. The summed E-state index contributed by atoms with van der Waals surface area (Å²) in [7, 11) is 0. The van der Waals surface area contributed by atoms with Crippen LogP contribution in [0.1, 0.15) is 27.4 Å². The van der Waals surface area contributed by atoms with E-state index in [0.717, 1.165) is 5.56 Å². The maximum absolute atomic E-state index is 12.2. The van der Waals surface area contributed by atoms with Crippen molar-refractivity contribution in [3.05, 3.63) is 93.8 Å². The molecule has 0 radical (unpaired) electrons. The Morgan fingerprint density at radius 3 is 2.84 bits per heavy atom. The first kappa shape index (κ1) is 16.3. The van der Waals surface area contributed by atoms with Gasteiger partial charge in [0.1, 0.15) is 5.76 Å². The third-order valence-corrected chi connectivity index (χ3v) is 3.62. The van der Waals surface area contributed by atoms with Gasteiger partial charge in [0.15, 0.2) is 5.76 Å². The number of pyridine rings is 1. The molecule has 0 aliphatic rings. The van der Waals surface area contributed by atoms with Crippen LogP contribution in [0, 0.1) is 11.3 Å². The van der Waals surface area contributed by atoms with Gasteiger partial charge in [-0.2, -0.15) is 5.26 Å². The van der Waals surface area contributed by atoms with Gasteiger partial charge in [-0.1, -0.05) is 18.2 Å². The SMILES string of the molecule is N#Cc1cccc(CNC(=O)c2ccc(Cn3ccccc3=O)o2)c1. The van der Waals surface area contributed by atoms with E-state index in [9.17, 15) is 9.59 Å². The molecular formula is C19H15N3O3. The third-order valence-electron chi connectivity index (χ3n) is 3.62. The molecule has 1 amide bonds. The average Bonchev–Trinajstić information content (AvgIpc) is 3.10. The van der Waals surface area contributed by atoms with Crippen molar-refractivity contribution in [3.8, 4) is 6.07 Å². The highest BCUT2D eigenvalue weighted by Gasteiger charge is 2.11. The van der Waals surface area contributed by atoms with Crippen molar-refractivity contribution >= 4 is 5.91 Å². The highest BCUT2D eigenvalue weighted by molar-refractivity contribution is 5.91. The summed E-state index contributed by atoms with van der Waals surface area (Å²) in [6.07, 6.45) is 1.66. The number of furan rings is 1. The third kappa shape index (κ3) is 4.03. The Labute approximate surface area is 143 Å². The van der Waals surface area contributed by atoms with E-state index >= 15 is 0 Å². The zero-order valence-electron chi connectivity index (χ0n) is 13.3. The summed E-state index contributed by atoms with van der Waals surface area (Å²) >= 11 is 0. The van der Waals surface area contributed by atoms with Crippen molar-refractivity contribution < 1.29 is 9.21 Å². The molecule has 0 aliphatic carbocycles. The van der Waals surface area contributed by atoms with Crippen molar-refractivity contribution in [1.29, 1.82) is 5.26 Å². The highest BCUT2D eigenvalue weighted by atomic mass is 16.4. The van der Waals surface area contributed by atoms with Crippen LogP contribution in [-0.4, -0.2) is 10.5 Å². The van der Waals surface area contributed by atoms with Gasteiger partial charge < -0.3 is 14.3 Å². The van der Waals surface area contributed by atoms with E-state index in [0.29, 0.717) is 17.9 Å². The van der Waals surface area contributed by atoms with Crippen LogP contribution in [0.4, 0.5) is 0 Å². The maximum atomic E-state index is 12.2. The molecule has 0 bridgehead atoms. The molecule has 3 aromatic rings. The standard InChI is InChI=1S/C19H15N3O3/c20-11-14-4-3-5-15(10-14)12-21-19(24)17-8-7-16(25-17)13-22-9-2-1-6-18(22)23/h1-10H,12-13H2,(H,21,24). The average molecular weight is 333 g/mol. The molecular weight excluding hydrogens is 318 g/mol. The van der Waals surface area contributed by atoms with Gasteiger partial charge >= 0.3 is 0 Å². The van der Waals surface area contributed by atoms with Gasteiger partial charge in [-0.15, -0.1) is 0 Å². The zero-order valence-corrected chi connectivity index (χ0v) is 13.3. The van der Waals surface area contributed by atoms with Crippen LogP contribution in [0.15, 0.2) is 70.0 Å². The first-order chi connectivity index (χ1) is 12.2. The fourth-order valence-electron chi connectivity index (χ4n) is 2.36. The van der Waals surface area contributed by atoms with Gasteiger partial charge in [-0.25, -0.2) is 0 Å². The number of hydrogen-bond donors (Lipinski definition) is 1. The number of amides is 1. The zero-order chi connectivity index (χ0) is 17.6. The summed E-state index contributed by atoms with van der Waals surface area (Å²) in [6, 6.07) is 17.2. The van der Waals surface area contributed by atoms with Gasteiger partial charge in [-0.05, 0) is 35.9 Å². The summed E-state index contributed by atoms with van der Waals surface area (Å²) < 4.78 is 7.01. The molecule has 0 fully saturated rings. The Balaban J connectivity index is 1.63. The van der Waals surface area contributed by atoms with Crippen molar-refractivity contribution in [2.24, 2.45) is 0 Å². The van der Waals surface area contributed by atoms with Crippen molar-refractivity contribution in [2.45, 2.75) is 13.1 Å². The largest absolute Gasteiger partial charge is 0.454 e. The molecule has 0 saturated heterocycles. The van der Waals surface area contributed by atoms with Crippen molar-refractivity contribution in [1.82, 2.24) is 9.88 Å². The van der Waals surface area contributed by atoms with Crippen LogP contribution in [0.3, 0.4) is 0 Å². The second kappa shape index (κ2) is 7.32. The predicted molar refractivity (Wildman–Crippen MR) is 90.8 cm³/mol. The molecule has 0 spiro atoms. The normalized spacial score (nSPS) is 10.2. The number of carbonyl (C=O) groups excluding carboxylic acids is 1. The van der Waals surface area contributed by atoms with Crippen LogP contribution in [0.2, 0.25) is 0 Å². The molecule has 1 aromatic carbocycles. The van der Waals surface area contributed by atoms with Gasteiger partial charge in [0.25, 0.3) is 11.5 Å². The summed E-state index contributed by atoms with van der Waals surface area (Å²) in [6.45, 7) is 0.555. The Morgan fingerprint density at radius 2 is 2.04 bits per heavy atom. The summed E-state index contributed by atoms with van der Waals surface area (Å²) in [5.74, 6) is 0.342. The molecule has 6 nitrogen and oxygen atoms in total. The minimum atomic E-state index is -0.353. The first-order valence-electron chi connectivity index (χ1n) is 7.67. The number of nitrogens with one attached hydrogen (secondary N) is 1. The quantitative estimate of drug-likeness (QED) is 0.776. The fraction of sp³-hybridized carbons (Fsp3) is 0.105. The van der Waals surface area contributed by atoms with E-state index < -0.39 is 0 Å². The first-order valence-corrected chi connectivity index (χ1v) is 7.67. The number of benzene rings is 1. The van der Waals surface area contributed by atoms with Crippen LogP contribution >= 0.6 is 0 Å². The van der Waals surface area contributed by atoms with Gasteiger partial charge in [0, 0.05) is 18.8 Å². The van der Waals surface area contributed by atoms with Gasteiger partial charge in [0.2, 0.25) is 0 Å². The number of rotatable bonds is 5. The van der Waals surface area contributed by atoms with Crippen LogP contribution in [-0.2, 0) is 13.1 Å². The molecule has 0 aliphatic heterocycles. The minimum Gasteiger partial charge on any atom is -0.454 e. The number of carbonyl (C=O) groups is 1. The van der Waals surface area contributed by atoms with Crippen molar-refractivity contribution in [3.63, 3.8) is 0 Å². The molecule has 2 heterocycles. The van der Waals surface area contributed by atoms with Crippen molar-refractivity contribution in [2.75, 3.05) is 0 Å².